The summed E-state index contributed by atoms with van der Waals surface area (Å²) in [6.07, 6.45) is 0.626. The van der Waals surface area contributed by atoms with E-state index in [4.69, 9.17) is 9.84 Å². The summed E-state index contributed by atoms with van der Waals surface area (Å²) in [4.78, 5) is 10.9. The van der Waals surface area contributed by atoms with Gasteiger partial charge in [-0.1, -0.05) is 12.1 Å². The van der Waals surface area contributed by atoms with Crippen LogP contribution in [0.1, 0.15) is 29.3 Å². The van der Waals surface area contributed by atoms with Gasteiger partial charge in [-0.15, -0.1) is 0 Å². The van der Waals surface area contributed by atoms with Crippen LogP contribution in [-0.2, 0) is 20.5 Å². The quantitative estimate of drug-likeness (QED) is 0.845. The zero-order chi connectivity index (χ0) is 14.8. The van der Waals surface area contributed by atoms with E-state index in [2.05, 4.69) is 4.72 Å². The van der Waals surface area contributed by atoms with E-state index in [1.807, 2.05) is 0 Å². The first-order chi connectivity index (χ1) is 9.30. The predicted molar refractivity (Wildman–Crippen MR) is 73.0 cm³/mol. The van der Waals surface area contributed by atoms with E-state index in [0.29, 0.717) is 25.2 Å². The summed E-state index contributed by atoms with van der Waals surface area (Å²) in [5, 5.41) is 8.90. The maximum Gasteiger partial charge on any atom is 0.335 e. The molecule has 1 heterocycles. The largest absolute Gasteiger partial charge is 0.478 e. The van der Waals surface area contributed by atoms with Crippen molar-refractivity contribution in [2.75, 3.05) is 13.2 Å². The Morgan fingerprint density at radius 1 is 1.50 bits per heavy atom. The molecule has 1 aliphatic heterocycles. The van der Waals surface area contributed by atoms with Crippen molar-refractivity contribution in [3.63, 3.8) is 0 Å². The number of hydrogen-bond acceptors (Lipinski definition) is 4. The number of ether oxygens (including phenoxy) is 1. The topological polar surface area (TPSA) is 92.7 Å². The molecule has 0 amide bonds. The standard InChI is InChI=1S/C13H17NO5S/c1-13(5-6-19-9-13)14-20(17,18)8-10-3-2-4-11(7-10)12(15)16/h2-4,7,14H,5-6,8-9H2,1H3,(H,15,16). The number of hydrogen-bond donors (Lipinski definition) is 2. The van der Waals surface area contributed by atoms with Gasteiger partial charge in [-0.05, 0) is 31.0 Å². The third-order valence-electron chi connectivity index (χ3n) is 3.15. The number of carboxylic acid groups (broad SMARTS) is 1. The molecule has 1 aliphatic rings. The minimum atomic E-state index is -3.54. The summed E-state index contributed by atoms with van der Waals surface area (Å²) in [5.74, 6) is -1.32. The summed E-state index contributed by atoms with van der Waals surface area (Å²) >= 11 is 0. The number of carbonyl (C=O) groups is 1. The molecular weight excluding hydrogens is 282 g/mol. The highest BCUT2D eigenvalue weighted by Crippen LogP contribution is 2.20. The van der Waals surface area contributed by atoms with Crippen LogP contribution in [-0.4, -0.2) is 38.2 Å². The maximum absolute atomic E-state index is 12.1. The van der Waals surface area contributed by atoms with Gasteiger partial charge < -0.3 is 9.84 Å². The smallest absolute Gasteiger partial charge is 0.335 e. The Kier molecular flexibility index (Phi) is 4.12. The molecule has 1 saturated heterocycles. The fourth-order valence-corrected chi connectivity index (χ4v) is 3.77. The lowest BCUT2D eigenvalue weighted by atomic mass is 10.0. The average molecular weight is 299 g/mol. The van der Waals surface area contributed by atoms with Crippen molar-refractivity contribution in [2.45, 2.75) is 24.6 Å². The van der Waals surface area contributed by atoms with E-state index in [1.54, 1.807) is 13.0 Å². The van der Waals surface area contributed by atoms with E-state index in [9.17, 15) is 13.2 Å². The first-order valence-electron chi connectivity index (χ1n) is 6.21. The van der Waals surface area contributed by atoms with Gasteiger partial charge in [-0.3, -0.25) is 0 Å². The molecule has 2 N–H and O–H groups in total. The Bertz CT molecular complexity index is 605. The number of carboxylic acids is 1. The van der Waals surface area contributed by atoms with Crippen molar-refractivity contribution in [1.29, 1.82) is 0 Å². The van der Waals surface area contributed by atoms with Crippen LogP contribution in [0.2, 0.25) is 0 Å². The third-order valence-corrected chi connectivity index (χ3v) is 4.67. The number of nitrogens with one attached hydrogen (secondary N) is 1. The molecule has 1 unspecified atom stereocenters. The molecule has 1 aromatic carbocycles. The van der Waals surface area contributed by atoms with E-state index in [1.165, 1.54) is 18.2 Å². The highest BCUT2D eigenvalue weighted by Gasteiger charge is 2.33. The van der Waals surface area contributed by atoms with Crippen molar-refractivity contribution >= 4 is 16.0 Å². The van der Waals surface area contributed by atoms with Crippen molar-refractivity contribution in [3.8, 4) is 0 Å². The van der Waals surface area contributed by atoms with Crippen LogP contribution < -0.4 is 4.72 Å². The van der Waals surface area contributed by atoms with Gasteiger partial charge in [-0.25, -0.2) is 17.9 Å². The minimum absolute atomic E-state index is 0.0770. The maximum atomic E-state index is 12.1. The monoisotopic (exact) mass is 299 g/mol. The molecule has 0 spiro atoms. The SMILES string of the molecule is CC1(NS(=O)(=O)Cc2cccc(C(=O)O)c2)CCOC1. The Morgan fingerprint density at radius 3 is 2.85 bits per heavy atom. The van der Waals surface area contributed by atoms with Crippen molar-refractivity contribution < 1.29 is 23.1 Å². The van der Waals surface area contributed by atoms with Gasteiger partial charge >= 0.3 is 5.97 Å². The molecule has 7 heteroatoms. The molecule has 6 nitrogen and oxygen atoms in total. The van der Waals surface area contributed by atoms with Gasteiger partial charge in [0.15, 0.2) is 0 Å². The zero-order valence-electron chi connectivity index (χ0n) is 11.1. The summed E-state index contributed by atoms with van der Waals surface area (Å²) < 4.78 is 32.1. The van der Waals surface area contributed by atoms with Gasteiger partial charge in [0.1, 0.15) is 0 Å². The Labute approximate surface area is 117 Å². The van der Waals surface area contributed by atoms with Gasteiger partial charge in [0, 0.05) is 6.61 Å². The third kappa shape index (κ3) is 3.78. The number of aromatic carboxylic acids is 1. The van der Waals surface area contributed by atoms with Crippen LogP contribution in [0.25, 0.3) is 0 Å². The second-order valence-corrected chi connectivity index (χ2v) is 6.95. The summed E-state index contributed by atoms with van der Waals surface area (Å²) in [6, 6.07) is 5.93. The molecule has 1 aromatic rings. The molecular formula is C13H17NO5S. The van der Waals surface area contributed by atoms with Crippen LogP contribution >= 0.6 is 0 Å². The average Bonchev–Trinajstić information content (AvgIpc) is 2.74. The van der Waals surface area contributed by atoms with E-state index >= 15 is 0 Å². The van der Waals surface area contributed by atoms with Gasteiger partial charge in [0.2, 0.25) is 10.0 Å². The highest BCUT2D eigenvalue weighted by atomic mass is 32.2. The molecule has 0 aliphatic carbocycles. The molecule has 0 radical (unpaired) electrons. The fraction of sp³-hybridized carbons (Fsp3) is 0.462. The molecule has 0 aromatic heterocycles. The molecule has 0 bridgehead atoms. The second-order valence-electron chi connectivity index (χ2n) is 5.23. The normalized spacial score (nSPS) is 22.9. The second kappa shape index (κ2) is 5.51. The van der Waals surface area contributed by atoms with Crippen LogP contribution in [0.5, 0.6) is 0 Å². The van der Waals surface area contributed by atoms with Gasteiger partial charge in [0.05, 0.1) is 23.5 Å². The van der Waals surface area contributed by atoms with E-state index in [0.717, 1.165) is 0 Å². The first-order valence-corrected chi connectivity index (χ1v) is 7.87. The molecule has 20 heavy (non-hydrogen) atoms. The number of benzene rings is 1. The highest BCUT2D eigenvalue weighted by molar-refractivity contribution is 7.88. The summed E-state index contributed by atoms with van der Waals surface area (Å²) in [5.41, 5.74) is -0.0588. The first kappa shape index (κ1) is 15.0. The molecule has 1 fully saturated rings. The molecule has 0 saturated carbocycles. The predicted octanol–water partition coefficient (Wildman–Crippen LogP) is 0.983. The van der Waals surface area contributed by atoms with Gasteiger partial charge in [0.25, 0.3) is 0 Å². The van der Waals surface area contributed by atoms with Crippen LogP contribution in [0.4, 0.5) is 0 Å². The number of sulfonamides is 1. The lowest BCUT2D eigenvalue weighted by Gasteiger charge is -2.23. The number of rotatable bonds is 5. The molecule has 1 atom stereocenters. The lowest BCUT2D eigenvalue weighted by Crippen LogP contribution is -2.46. The van der Waals surface area contributed by atoms with Crippen LogP contribution in [0.15, 0.2) is 24.3 Å². The van der Waals surface area contributed by atoms with Crippen LogP contribution in [0.3, 0.4) is 0 Å². The summed E-state index contributed by atoms with van der Waals surface area (Å²) in [6.45, 7) is 2.68. The molecule has 110 valence electrons. The Balaban J connectivity index is 2.12. The molecule has 2 rings (SSSR count). The fourth-order valence-electron chi connectivity index (χ4n) is 2.17. The minimum Gasteiger partial charge on any atom is -0.478 e. The lowest BCUT2D eigenvalue weighted by molar-refractivity contribution is 0.0696. The van der Waals surface area contributed by atoms with Crippen molar-refractivity contribution in [2.24, 2.45) is 0 Å². The van der Waals surface area contributed by atoms with Gasteiger partial charge in [-0.2, -0.15) is 0 Å². The van der Waals surface area contributed by atoms with Crippen molar-refractivity contribution in [3.05, 3.63) is 35.4 Å². The zero-order valence-corrected chi connectivity index (χ0v) is 11.9. The van der Waals surface area contributed by atoms with E-state index < -0.39 is 21.5 Å². The summed E-state index contributed by atoms with van der Waals surface area (Å²) in [7, 11) is -3.54. The Hall–Kier alpha value is -1.44. The van der Waals surface area contributed by atoms with Crippen molar-refractivity contribution in [1.82, 2.24) is 4.72 Å². The van der Waals surface area contributed by atoms with Crippen LogP contribution in [0, 0.1) is 0 Å². The Morgan fingerprint density at radius 2 is 2.25 bits per heavy atom. The van der Waals surface area contributed by atoms with E-state index in [-0.39, 0.29) is 11.3 Å².